The highest BCUT2D eigenvalue weighted by molar-refractivity contribution is 5.73. The minimum absolute atomic E-state index is 0.131. The van der Waals surface area contributed by atoms with Gasteiger partial charge in [-0.25, -0.2) is 0 Å². The highest BCUT2D eigenvalue weighted by Gasteiger charge is 2.19. The van der Waals surface area contributed by atoms with E-state index >= 15 is 0 Å². The average Bonchev–Trinajstić information content (AvgIpc) is 2.34. The average molecular weight is 249 g/mol. The third-order valence-corrected chi connectivity index (χ3v) is 3.28. The molecule has 0 atom stereocenters. The Morgan fingerprint density at radius 2 is 2.00 bits per heavy atom. The van der Waals surface area contributed by atoms with Crippen molar-refractivity contribution in [1.82, 2.24) is 14.8 Å². The van der Waals surface area contributed by atoms with Crippen LogP contribution in [0.4, 0.5) is 0 Å². The second kappa shape index (κ2) is 5.35. The van der Waals surface area contributed by atoms with Gasteiger partial charge in [-0.05, 0) is 19.1 Å². The molecule has 5 nitrogen and oxygen atoms in total. The van der Waals surface area contributed by atoms with Crippen molar-refractivity contribution in [3.63, 3.8) is 0 Å². The van der Waals surface area contributed by atoms with E-state index in [-0.39, 0.29) is 11.7 Å². The number of piperazine rings is 1. The van der Waals surface area contributed by atoms with Gasteiger partial charge >= 0.3 is 0 Å². The molecule has 1 fully saturated rings. The van der Waals surface area contributed by atoms with Crippen LogP contribution in [0.1, 0.15) is 18.3 Å². The highest BCUT2D eigenvalue weighted by Crippen LogP contribution is 2.17. The smallest absolute Gasteiger partial charge is 0.219 e. The lowest BCUT2D eigenvalue weighted by Crippen LogP contribution is -2.47. The number of hydrogen-bond acceptors (Lipinski definition) is 4. The molecular weight excluding hydrogens is 230 g/mol. The Bertz CT molecular complexity index is 440. The van der Waals surface area contributed by atoms with Crippen LogP contribution in [-0.2, 0) is 11.3 Å². The van der Waals surface area contributed by atoms with Crippen LogP contribution in [0.25, 0.3) is 0 Å². The Kier molecular flexibility index (Phi) is 3.81. The van der Waals surface area contributed by atoms with Crippen LogP contribution >= 0.6 is 0 Å². The lowest BCUT2D eigenvalue weighted by Gasteiger charge is -2.34. The normalized spacial score (nSPS) is 16.9. The number of aromatic hydroxyl groups is 1. The maximum atomic E-state index is 11.2. The van der Waals surface area contributed by atoms with E-state index in [1.54, 1.807) is 19.1 Å². The first-order chi connectivity index (χ1) is 8.56. The fourth-order valence-corrected chi connectivity index (χ4v) is 2.15. The van der Waals surface area contributed by atoms with Gasteiger partial charge in [0.15, 0.2) is 0 Å². The van der Waals surface area contributed by atoms with Crippen molar-refractivity contribution in [3.8, 4) is 5.75 Å². The summed E-state index contributed by atoms with van der Waals surface area (Å²) in [6.07, 6.45) is 0. The van der Waals surface area contributed by atoms with Gasteiger partial charge < -0.3 is 10.0 Å². The second-order valence-corrected chi connectivity index (χ2v) is 4.70. The van der Waals surface area contributed by atoms with Crippen LogP contribution in [0.3, 0.4) is 0 Å². The molecule has 18 heavy (non-hydrogen) atoms. The van der Waals surface area contributed by atoms with Crippen molar-refractivity contribution in [2.75, 3.05) is 26.2 Å². The van der Waals surface area contributed by atoms with Crippen molar-refractivity contribution in [3.05, 3.63) is 23.5 Å². The van der Waals surface area contributed by atoms with E-state index in [1.807, 2.05) is 11.8 Å². The van der Waals surface area contributed by atoms with Crippen LogP contribution < -0.4 is 0 Å². The molecule has 0 radical (unpaired) electrons. The Hall–Kier alpha value is -1.62. The fourth-order valence-electron chi connectivity index (χ4n) is 2.15. The highest BCUT2D eigenvalue weighted by atomic mass is 16.3. The Labute approximate surface area is 107 Å². The monoisotopic (exact) mass is 249 g/mol. The first-order valence-corrected chi connectivity index (χ1v) is 6.19. The third-order valence-electron chi connectivity index (χ3n) is 3.28. The van der Waals surface area contributed by atoms with Crippen molar-refractivity contribution in [1.29, 1.82) is 0 Å². The summed E-state index contributed by atoms with van der Waals surface area (Å²) < 4.78 is 0. The van der Waals surface area contributed by atoms with Gasteiger partial charge in [0.25, 0.3) is 0 Å². The Morgan fingerprint density at radius 1 is 1.33 bits per heavy atom. The predicted octanol–water partition coefficient (Wildman–Crippen LogP) is 0.760. The summed E-state index contributed by atoms with van der Waals surface area (Å²) in [6.45, 7) is 7.31. The molecule has 1 aromatic heterocycles. The lowest BCUT2D eigenvalue weighted by molar-refractivity contribution is -0.130. The van der Waals surface area contributed by atoms with Gasteiger partial charge in [0, 0.05) is 45.3 Å². The molecule has 2 heterocycles. The zero-order chi connectivity index (χ0) is 13.1. The topological polar surface area (TPSA) is 56.7 Å². The largest absolute Gasteiger partial charge is 0.506 e. The van der Waals surface area contributed by atoms with Gasteiger partial charge in [-0.15, -0.1) is 0 Å². The summed E-state index contributed by atoms with van der Waals surface area (Å²) in [4.78, 5) is 19.6. The third kappa shape index (κ3) is 2.98. The summed E-state index contributed by atoms with van der Waals surface area (Å²) in [5.41, 5.74) is 1.62. The number of aryl methyl sites for hydroxylation is 1. The zero-order valence-electron chi connectivity index (χ0n) is 10.9. The fraction of sp³-hybridized carbons (Fsp3) is 0.538. The zero-order valence-corrected chi connectivity index (χ0v) is 10.9. The molecule has 0 unspecified atom stereocenters. The summed E-state index contributed by atoms with van der Waals surface area (Å²) in [5.74, 6) is 0.376. The van der Waals surface area contributed by atoms with Gasteiger partial charge in [0.2, 0.25) is 5.91 Å². The van der Waals surface area contributed by atoms with Crippen molar-refractivity contribution in [2.24, 2.45) is 0 Å². The number of aromatic nitrogens is 1. The minimum atomic E-state index is 0.131. The molecule has 98 valence electrons. The molecule has 1 aliphatic heterocycles. The number of carbonyl (C=O) groups is 1. The number of pyridine rings is 1. The van der Waals surface area contributed by atoms with Crippen LogP contribution in [0.15, 0.2) is 12.1 Å². The van der Waals surface area contributed by atoms with Crippen LogP contribution in [0, 0.1) is 6.92 Å². The SMILES string of the molecule is CC(=O)N1CCN(Cc2nc(C)ccc2O)CC1. The molecule has 1 aliphatic rings. The van der Waals surface area contributed by atoms with E-state index in [0.717, 1.165) is 31.9 Å². The molecule has 0 aliphatic carbocycles. The van der Waals surface area contributed by atoms with E-state index in [2.05, 4.69) is 9.88 Å². The Balaban J connectivity index is 1.95. The van der Waals surface area contributed by atoms with Crippen molar-refractivity contribution < 1.29 is 9.90 Å². The van der Waals surface area contributed by atoms with E-state index in [1.165, 1.54) is 0 Å². The van der Waals surface area contributed by atoms with Gasteiger partial charge in [0.1, 0.15) is 5.75 Å². The number of nitrogens with zero attached hydrogens (tertiary/aromatic N) is 3. The Morgan fingerprint density at radius 3 is 2.61 bits per heavy atom. The van der Waals surface area contributed by atoms with Gasteiger partial charge in [-0.3, -0.25) is 14.7 Å². The molecular formula is C13H19N3O2. The van der Waals surface area contributed by atoms with Gasteiger partial charge in [-0.1, -0.05) is 0 Å². The molecule has 1 aromatic rings. The van der Waals surface area contributed by atoms with E-state index < -0.39 is 0 Å². The maximum Gasteiger partial charge on any atom is 0.219 e. The molecule has 0 saturated carbocycles. The first-order valence-electron chi connectivity index (χ1n) is 6.19. The van der Waals surface area contributed by atoms with E-state index in [9.17, 15) is 9.90 Å². The van der Waals surface area contributed by atoms with Crippen LogP contribution in [0.2, 0.25) is 0 Å². The first kappa shape index (κ1) is 12.8. The maximum absolute atomic E-state index is 11.2. The standard InChI is InChI=1S/C13H19N3O2/c1-10-3-4-13(18)12(14-10)9-15-5-7-16(8-6-15)11(2)17/h3-4,18H,5-9H2,1-2H3. The number of rotatable bonds is 2. The van der Waals surface area contributed by atoms with Crippen LogP contribution in [-0.4, -0.2) is 52.0 Å². The molecule has 2 rings (SSSR count). The molecule has 0 spiro atoms. The molecule has 0 aromatic carbocycles. The quantitative estimate of drug-likeness (QED) is 0.840. The molecule has 1 saturated heterocycles. The summed E-state index contributed by atoms with van der Waals surface area (Å²) in [7, 11) is 0. The van der Waals surface area contributed by atoms with Gasteiger partial charge in [-0.2, -0.15) is 0 Å². The van der Waals surface area contributed by atoms with E-state index in [4.69, 9.17) is 0 Å². The molecule has 5 heteroatoms. The van der Waals surface area contributed by atoms with Crippen molar-refractivity contribution in [2.45, 2.75) is 20.4 Å². The summed E-state index contributed by atoms with van der Waals surface area (Å²) in [6, 6.07) is 3.48. The second-order valence-electron chi connectivity index (χ2n) is 4.70. The van der Waals surface area contributed by atoms with Gasteiger partial charge in [0.05, 0.1) is 5.69 Å². The van der Waals surface area contributed by atoms with Crippen LogP contribution in [0.5, 0.6) is 5.75 Å². The molecule has 1 N–H and O–H groups in total. The lowest BCUT2D eigenvalue weighted by atomic mass is 10.2. The number of hydrogen-bond donors (Lipinski definition) is 1. The number of amides is 1. The molecule has 0 bridgehead atoms. The van der Waals surface area contributed by atoms with E-state index in [0.29, 0.717) is 12.2 Å². The minimum Gasteiger partial charge on any atom is -0.506 e. The predicted molar refractivity (Wildman–Crippen MR) is 68.2 cm³/mol. The number of carbonyl (C=O) groups excluding carboxylic acids is 1. The van der Waals surface area contributed by atoms with Crippen molar-refractivity contribution >= 4 is 5.91 Å². The summed E-state index contributed by atoms with van der Waals surface area (Å²) in [5, 5.41) is 9.75. The molecule has 1 amide bonds. The summed E-state index contributed by atoms with van der Waals surface area (Å²) >= 11 is 0.